The van der Waals surface area contributed by atoms with Gasteiger partial charge in [0.15, 0.2) is 0 Å². The number of rotatable bonds is 9. The van der Waals surface area contributed by atoms with E-state index in [0.717, 1.165) is 61.2 Å². The van der Waals surface area contributed by atoms with Crippen molar-refractivity contribution in [3.63, 3.8) is 0 Å². The smallest absolute Gasteiger partial charge is 0.343 e. The Balaban J connectivity index is 0.000000216. The largest absolute Gasteiger partial charge is 0.354 e. The van der Waals surface area contributed by atoms with Crippen LogP contribution < -0.4 is 26.8 Å². The maximum Gasteiger partial charge on any atom is 0.354 e. The van der Waals surface area contributed by atoms with E-state index in [0.29, 0.717) is 23.6 Å². The molecule has 0 unspecified atom stereocenters. The van der Waals surface area contributed by atoms with Crippen LogP contribution in [-0.2, 0) is 27.4 Å². The molecule has 10 nitrogen and oxygen atoms in total. The van der Waals surface area contributed by atoms with E-state index >= 15 is 0 Å². The molecule has 2 aromatic carbocycles. The van der Waals surface area contributed by atoms with Crippen molar-refractivity contribution < 1.29 is 8.42 Å². The van der Waals surface area contributed by atoms with Gasteiger partial charge in [-0.15, -0.1) is 0 Å². The Labute approximate surface area is 273 Å². The Morgan fingerprint density at radius 1 is 1.00 bits per heavy atom. The fourth-order valence-electron chi connectivity index (χ4n) is 5.19. The molecular weight excluding hydrogens is 598 g/mol. The molecule has 0 bridgehead atoms. The van der Waals surface area contributed by atoms with Crippen molar-refractivity contribution >= 4 is 21.1 Å². The summed E-state index contributed by atoms with van der Waals surface area (Å²) in [5, 5.41) is 7.49. The summed E-state index contributed by atoms with van der Waals surface area (Å²) in [6.07, 6.45) is 4.72. The summed E-state index contributed by atoms with van der Waals surface area (Å²) in [6, 6.07) is 17.2. The number of benzene rings is 2. The fourth-order valence-corrected chi connectivity index (χ4v) is 6.46. The minimum atomic E-state index is -3.41. The van der Waals surface area contributed by atoms with E-state index in [9.17, 15) is 13.2 Å². The summed E-state index contributed by atoms with van der Waals surface area (Å²) in [6.45, 7) is 16.8. The van der Waals surface area contributed by atoms with Crippen LogP contribution >= 0.6 is 0 Å². The zero-order chi connectivity index (χ0) is 33.5. The minimum Gasteiger partial charge on any atom is -0.343 e. The molecule has 2 aromatic heterocycles. The third-order valence-corrected chi connectivity index (χ3v) is 9.60. The van der Waals surface area contributed by atoms with Crippen LogP contribution in [0, 0.1) is 0 Å². The second kappa shape index (κ2) is 15.0. The highest BCUT2D eigenvalue weighted by atomic mass is 32.2. The number of hydrogen-bond acceptors (Lipinski definition) is 7. The van der Waals surface area contributed by atoms with Crippen LogP contribution in [0.2, 0.25) is 0 Å². The number of nitrogens with one attached hydrogen (secondary N) is 4. The first-order chi connectivity index (χ1) is 21.7. The summed E-state index contributed by atoms with van der Waals surface area (Å²) in [7, 11) is -3.41. The summed E-state index contributed by atoms with van der Waals surface area (Å²) in [5.41, 5.74) is 10.0. The van der Waals surface area contributed by atoms with Gasteiger partial charge in [0, 0.05) is 41.8 Å². The third kappa shape index (κ3) is 9.59. The molecule has 1 aliphatic heterocycles. The van der Waals surface area contributed by atoms with Gasteiger partial charge in [-0.25, -0.2) is 17.9 Å². The van der Waals surface area contributed by atoms with Crippen molar-refractivity contribution in [1.82, 2.24) is 29.9 Å². The normalized spacial score (nSPS) is 15.8. The Morgan fingerprint density at radius 2 is 1.70 bits per heavy atom. The van der Waals surface area contributed by atoms with Gasteiger partial charge in [0.25, 0.3) is 0 Å². The number of piperidine rings is 1. The molecule has 1 atom stereocenters. The van der Waals surface area contributed by atoms with Crippen LogP contribution in [0.5, 0.6) is 0 Å². The van der Waals surface area contributed by atoms with Crippen LogP contribution in [0.1, 0.15) is 77.6 Å². The summed E-state index contributed by atoms with van der Waals surface area (Å²) in [4.78, 5) is 20.2. The van der Waals surface area contributed by atoms with Gasteiger partial charge in [-0.05, 0) is 85.8 Å². The standard InChI is InChI=1S/C20H27N5O.C15H24N2O2S/c1-20(2,3)17-11-15-13-25(19(26)24-18(15)23-17)16-7-5-14(6-8-16)12-22-10-4-9-21;1-15(2,3)12-6-8-14(9-7-12)20(18,19)17-13-5-4-10-16-11-13/h5-8,11,13,22H,4,9-10,12,21H2,1-3H3,(H,23,24,26);6-9,13,16-17H,4-5,10-11H2,1-3H3/t;13-/m.0/s1. The molecule has 0 aliphatic carbocycles. The zero-order valence-electron chi connectivity index (χ0n) is 28.1. The van der Waals surface area contributed by atoms with Crippen molar-refractivity contribution in [2.24, 2.45) is 5.73 Å². The number of aromatic amines is 1. The molecule has 4 aromatic rings. The van der Waals surface area contributed by atoms with Crippen molar-refractivity contribution in [2.75, 3.05) is 26.2 Å². The van der Waals surface area contributed by atoms with Crippen molar-refractivity contribution in [3.05, 3.63) is 88.1 Å². The van der Waals surface area contributed by atoms with Crippen LogP contribution in [0.15, 0.2) is 70.5 Å². The topological polar surface area (TPSA) is 147 Å². The average Bonchev–Trinajstić information content (AvgIpc) is 3.43. The number of nitrogens with two attached hydrogens (primary N) is 1. The number of hydrogen-bond donors (Lipinski definition) is 5. The molecule has 6 N–H and O–H groups in total. The SMILES string of the molecule is CC(C)(C)c1cc2cn(-c3ccc(CNCCCN)cc3)c(=O)nc2[nH]1.CC(C)(C)c1ccc(S(=O)(=O)N[C@H]2CCCNC2)cc1. The van der Waals surface area contributed by atoms with Gasteiger partial charge < -0.3 is 21.4 Å². The van der Waals surface area contributed by atoms with E-state index in [2.05, 4.69) is 72.9 Å². The molecule has 1 saturated heterocycles. The van der Waals surface area contributed by atoms with Gasteiger partial charge in [-0.2, -0.15) is 4.98 Å². The molecule has 0 saturated carbocycles. The molecule has 11 heteroatoms. The van der Waals surface area contributed by atoms with E-state index in [1.54, 1.807) is 16.7 Å². The molecule has 250 valence electrons. The molecule has 0 radical (unpaired) electrons. The maximum absolute atomic E-state index is 12.4. The highest BCUT2D eigenvalue weighted by Crippen LogP contribution is 2.25. The lowest BCUT2D eigenvalue weighted by Crippen LogP contribution is -2.45. The number of sulfonamides is 1. The second-order valence-corrected chi connectivity index (χ2v) is 15.8. The molecule has 0 amide bonds. The summed E-state index contributed by atoms with van der Waals surface area (Å²) in [5.74, 6) is 0. The predicted molar refractivity (Wildman–Crippen MR) is 187 cm³/mol. The molecule has 1 aliphatic rings. The lowest BCUT2D eigenvalue weighted by Gasteiger charge is -2.24. The number of nitrogens with zero attached hydrogens (tertiary/aromatic N) is 2. The molecule has 1 fully saturated rings. The van der Waals surface area contributed by atoms with Crippen molar-refractivity contribution in [3.8, 4) is 5.69 Å². The minimum absolute atomic E-state index is 0.00366. The van der Waals surface area contributed by atoms with Crippen LogP contribution in [0.4, 0.5) is 0 Å². The zero-order valence-corrected chi connectivity index (χ0v) is 28.9. The Kier molecular flexibility index (Phi) is 11.6. The Hall–Kier alpha value is -3.35. The Morgan fingerprint density at radius 3 is 2.28 bits per heavy atom. The van der Waals surface area contributed by atoms with E-state index in [1.165, 1.54) is 5.56 Å². The van der Waals surface area contributed by atoms with Gasteiger partial charge >= 0.3 is 5.69 Å². The lowest BCUT2D eigenvalue weighted by atomic mass is 9.87. The number of H-pyrrole nitrogens is 1. The van der Waals surface area contributed by atoms with Crippen LogP contribution in [0.3, 0.4) is 0 Å². The first-order valence-corrected chi connectivity index (χ1v) is 17.6. The van der Waals surface area contributed by atoms with E-state index in [1.807, 2.05) is 42.6 Å². The van der Waals surface area contributed by atoms with Gasteiger partial charge in [-0.3, -0.25) is 4.57 Å². The van der Waals surface area contributed by atoms with Gasteiger partial charge in [0.1, 0.15) is 5.65 Å². The molecule has 0 spiro atoms. The average molecular weight is 650 g/mol. The molecular formula is C35H51N7O3S. The fraction of sp³-hybridized carbons (Fsp3) is 0.486. The maximum atomic E-state index is 12.4. The number of fused-ring (bicyclic) bond motifs is 1. The van der Waals surface area contributed by atoms with E-state index < -0.39 is 10.0 Å². The summed E-state index contributed by atoms with van der Waals surface area (Å²) >= 11 is 0. The first kappa shape index (κ1) is 35.5. The monoisotopic (exact) mass is 649 g/mol. The van der Waals surface area contributed by atoms with E-state index in [4.69, 9.17) is 5.73 Å². The van der Waals surface area contributed by atoms with Crippen molar-refractivity contribution in [2.45, 2.75) is 89.1 Å². The van der Waals surface area contributed by atoms with Gasteiger partial charge in [0.05, 0.1) is 10.6 Å². The highest BCUT2D eigenvalue weighted by molar-refractivity contribution is 7.89. The second-order valence-electron chi connectivity index (χ2n) is 14.1. The number of aromatic nitrogens is 3. The predicted octanol–water partition coefficient (Wildman–Crippen LogP) is 4.46. The van der Waals surface area contributed by atoms with Crippen molar-refractivity contribution in [1.29, 1.82) is 0 Å². The Bertz CT molecular complexity index is 1720. The third-order valence-electron chi connectivity index (χ3n) is 8.07. The first-order valence-electron chi connectivity index (χ1n) is 16.1. The quantitative estimate of drug-likeness (QED) is 0.168. The molecule has 3 heterocycles. The highest BCUT2D eigenvalue weighted by Gasteiger charge is 2.22. The van der Waals surface area contributed by atoms with Crippen LogP contribution in [-0.4, -0.2) is 55.2 Å². The molecule has 46 heavy (non-hydrogen) atoms. The van der Waals surface area contributed by atoms with Gasteiger partial charge in [0.2, 0.25) is 10.0 Å². The van der Waals surface area contributed by atoms with Crippen LogP contribution in [0.25, 0.3) is 16.7 Å². The van der Waals surface area contributed by atoms with E-state index in [-0.39, 0.29) is 22.6 Å². The molecule has 5 rings (SSSR count). The summed E-state index contributed by atoms with van der Waals surface area (Å²) < 4.78 is 29.0. The van der Waals surface area contributed by atoms with Gasteiger partial charge in [-0.1, -0.05) is 65.8 Å². The lowest BCUT2D eigenvalue weighted by molar-refractivity contribution is 0.428.